The van der Waals surface area contributed by atoms with Gasteiger partial charge in [-0.3, -0.25) is 9.36 Å². The highest BCUT2D eigenvalue weighted by Crippen LogP contribution is 2.32. The summed E-state index contributed by atoms with van der Waals surface area (Å²) in [6, 6.07) is 0.578. The van der Waals surface area contributed by atoms with Crippen molar-refractivity contribution in [2.24, 2.45) is 13.0 Å². The normalized spacial score (nSPS) is 14.8. The lowest BCUT2D eigenvalue weighted by Crippen LogP contribution is -2.30. The third-order valence-electron chi connectivity index (χ3n) is 3.33. The molecule has 6 nitrogen and oxygen atoms in total. The molecule has 0 bridgehead atoms. The molecule has 2 rings (SSSR count). The van der Waals surface area contributed by atoms with Gasteiger partial charge in [0.15, 0.2) is 5.16 Å². The minimum absolute atomic E-state index is 0.0153. The van der Waals surface area contributed by atoms with Crippen LogP contribution in [0.5, 0.6) is 0 Å². The van der Waals surface area contributed by atoms with Crippen LogP contribution in [-0.4, -0.2) is 44.2 Å². The molecule has 0 atom stereocenters. The second-order valence-electron chi connectivity index (χ2n) is 5.63. The Balaban J connectivity index is 2.06. The molecule has 0 radical (unpaired) electrons. The Hall–Kier alpha value is -1.24. The lowest BCUT2D eigenvalue weighted by Gasteiger charge is -2.23. The first-order valence-corrected chi connectivity index (χ1v) is 7.98. The molecule has 1 heterocycles. The monoisotopic (exact) mass is 298 g/mol. The van der Waals surface area contributed by atoms with Crippen molar-refractivity contribution >= 4 is 23.7 Å². The number of aliphatic carboxylic acids is 1. The molecule has 7 heteroatoms. The first-order chi connectivity index (χ1) is 9.49. The Morgan fingerprint density at radius 2 is 2.20 bits per heavy atom. The summed E-state index contributed by atoms with van der Waals surface area (Å²) in [6.07, 6.45) is 3.55. The second kappa shape index (κ2) is 6.47. The lowest BCUT2D eigenvalue weighted by atomic mass is 10.1. The summed E-state index contributed by atoms with van der Waals surface area (Å²) >= 11 is 1.21. The lowest BCUT2D eigenvalue weighted by molar-refractivity contribution is -0.133. The van der Waals surface area contributed by atoms with Gasteiger partial charge < -0.3 is 10.0 Å². The molecule has 20 heavy (non-hydrogen) atoms. The van der Waals surface area contributed by atoms with Gasteiger partial charge in [0.25, 0.3) is 0 Å². The van der Waals surface area contributed by atoms with Crippen molar-refractivity contribution < 1.29 is 9.90 Å². The molecule has 0 aromatic carbocycles. The van der Waals surface area contributed by atoms with Crippen molar-refractivity contribution in [2.45, 2.75) is 44.3 Å². The van der Waals surface area contributed by atoms with Gasteiger partial charge in [-0.05, 0) is 25.2 Å². The third-order valence-corrected chi connectivity index (χ3v) is 4.33. The smallest absolute Gasteiger partial charge is 0.313 e. The number of thioether (sulfide) groups is 1. The van der Waals surface area contributed by atoms with Crippen LogP contribution in [-0.2, 0) is 11.8 Å². The summed E-state index contributed by atoms with van der Waals surface area (Å²) in [7, 11) is 1.91. The van der Waals surface area contributed by atoms with E-state index >= 15 is 0 Å². The SMILES string of the molecule is CC(C)CCN(c1nnc(SCC(=O)O)n1C)C1CC1. The Bertz CT molecular complexity index is 471. The predicted molar refractivity (Wildman–Crippen MR) is 79.2 cm³/mol. The van der Waals surface area contributed by atoms with Crippen LogP contribution >= 0.6 is 11.8 Å². The average molecular weight is 298 g/mol. The van der Waals surface area contributed by atoms with E-state index in [0.29, 0.717) is 17.1 Å². The zero-order valence-corrected chi connectivity index (χ0v) is 13.1. The van der Waals surface area contributed by atoms with Crippen LogP contribution < -0.4 is 4.90 Å². The van der Waals surface area contributed by atoms with Gasteiger partial charge in [-0.25, -0.2) is 0 Å². The molecular weight excluding hydrogens is 276 g/mol. The number of hydrogen-bond donors (Lipinski definition) is 1. The molecule has 0 saturated heterocycles. The molecule has 1 aliphatic rings. The first-order valence-electron chi connectivity index (χ1n) is 6.99. The summed E-state index contributed by atoms with van der Waals surface area (Å²) in [4.78, 5) is 12.9. The minimum atomic E-state index is -0.835. The van der Waals surface area contributed by atoms with Crippen LogP contribution in [0.25, 0.3) is 0 Å². The maximum Gasteiger partial charge on any atom is 0.313 e. The van der Waals surface area contributed by atoms with Crippen molar-refractivity contribution in [3.8, 4) is 0 Å². The standard InChI is InChI=1S/C13H22N4O2S/c1-9(2)6-7-17(10-4-5-10)12-14-15-13(16(12)3)20-8-11(18)19/h9-10H,4-8H2,1-3H3,(H,18,19). The molecule has 1 N–H and O–H groups in total. The Labute approximate surface area is 123 Å². The number of aromatic nitrogens is 3. The van der Waals surface area contributed by atoms with Gasteiger partial charge in [0.1, 0.15) is 0 Å². The van der Waals surface area contributed by atoms with Crippen molar-refractivity contribution in [3.05, 3.63) is 0 Å². The first kappa shape index (κ1) is 15.2. The van der Waals surface area contributed by atoms with Gasteiger partial charge in [-0.2, -0.15) is 0 Å². The van der Waals surface area contributed by atoms with E-state index < -0.39 is 5.97 Å². The van der Waals surface area contributed by atoms with Crippen LogP contribution in [0.2, 0.25) is 0 Å². The van der Waals surface area contributed by atoms with Gasteiger partial charge in [-0.1, -0.05) is 25.6 Å². The Morgan fingerprint density at radius 3 is 2.75 bits per heavy atom. The minimum Gasteiger partial charge on any atom is -0.481 e. The molecule has 0 aliphatic heterocycles. The quantitative estimate of drug-likeness (QED) is 0.740. The highest BCUT2D eigenvalue weighted by molar-refractivity contribution is 7.99. The van der Waals surface area contributed by atoms with Crippen molar-refractivity contribution in [1.29, 1.82) is 0 Å². The number of rotatable bonds is 8. The van der Waals surface area contributed by atoms with E-state index in [2.05, 4.69) is 28.9 Å². The maximum absolute atomic E-state index is 10.6. The van der Waals surface area contributed by atoms with E-state index in [0.717, 1.165) is 18.9 Å². The average Bonchev–Trinajstić information content (AvgIpc) is 3.13. The summed E-state index contributed by atoms with van der Waals surface area (Å²) in [5.74, 6) is 0.700. The predicted octanol–water partition coefficient (Wildman–Crippen LogP) is 2.01. The van der Waals surface area contributed by atoms with Crippen LogP contribution in [0.3, 0.4) is 0 Å². The zero-order valence-electron chi connectivity index (χ0n) is 12.2. The number of hydrogen-bond acceptors (Lipinski definition) is 5. The molecule has 1 fully saturated rings. The maximum atomic E-state index is 10.6. The molecule has 1 saturated carbocycles. The fraction of sp³-hybridized carbons (Fsp3) is 0.769. The number of carboxylic acids is 1. The summed E-state index contributed by atoms with van der Waals surface area (Å²) < 4.78 is 1.91. The highest BCUT2D eigenvalue weighted by Gasteiger charge is 2.32. The van der Waals surface area contributed by atoms with Gasteiger partial charge in [0.05, 0.1) is 5.75 Å². The van der Waals surface area contributed by atoms with Gasteiger partial charge in [0.2, 0.25) is 5.95 Å². The van der Waals surface area contributed by atoms with E-state index in [1.54, 1.807) is 0 Å². The zero-order chi connectivity index (χ0) is 14.7. The van der Waals surface area contributed by atoms with E-state index in [9.17, 15) is 4.79 Å². The molecule has 1 aliphatic carbocycles. The van der Waals surface area contributed by atoms with Crippen LogP contribution in [0.15, 0.2) is 5.16 Å². The van der Waals surface area contributed by atoms with E-state index in [-0.39, 0.29) is 5.75 Å². The van der Waals surface area contributed by atoms with Crippen LogP contribution in [0, 0.1) is 5.92 Å². The number of carboxylic acid groups (broad SMARTS) is 1. The summed E-state index contributed by atoms with van der Waals surface area (Å²) in [6.45, 7) is 5.42. The van der Waals surface area contributed by atoms with Crippen LogP contribution in [0.1, 0.15) is 33.1 Å². The van der Waals surface area contributed by atoms with Gasteiger partial charge >= 0.3 is 5.97 Å². The largest absolute Gasteiger partial charge is 0.481 e. The molecular formula is C13H22N4O2S. The van der Waals surface area contributed by atoms with Gasteiger partial charge in [-0.15, -0.1) is 10.2 Å². The number of carbonyl (C=O) groups is 1. The fourth-order valence-electron chi connectivity index (χ4n) is 2.04. The molecule has 0 unspecified atom stereocenters. The fourth-order valence-corrected chi connectivity index (χ4v) is 2.67. The number of nitrogens with zero attached hydrogens (tertiary/aromatic N) is 4. The highest BCUT2D eigenvalue weighted by atomic mass is 32.2. The Kier molecular flexibility index (Phi) is 4.91. The van der Waals surface area contributed by atoms with Crippen molar-refractivity contribution in [1.82, 2.24) is 14.8 Å². The van der Waals surface area contributed by atoms with Crippen LogP contribution in [0.4, 0.5) is 5.95 Å². The molecule has 112 valence electrons. The van der Waals surface area contributed by atoms with E-state index in [1.807, 2.05) is 11.6 Å². The summed E-state index contributed by atoms with van der Waals surface area (Å²) in [5, 5.41) is 17.8. The molecule has 0 amide bonds. The molecule has 0 spiro atoms. The van der Waals surface area contributed by atoms with Crippen molar-refractivity contribution in [2.75, 3.05) is 17.2 Å². The molecule has 1 aromatic rings. The topological polar surface area (TPSA) is 71.2 Å². The third kappa shape index (κ3) is 3.88. The van der Waals surface area contributed by atoms with E-state index in [1.165, 1.54) is 24.6 Å². The Morgan fingerprint density at radius 1 is 1.50 bits per heavy atom. The molecule has 1 aromatic heterocycles. The van der Waals surface area contributed by atoms with Gasteiger partial charge in [0, 0.05) is 19.6 Å². The number of anilines is 1. The van der Waals surface area contributed by atoms with Crippen molar-refractivity contribution in [3.63, 3.8) is 0 Å². The second-order valence-corrected chi connectivity index (χ2v) is 6.57. The van der Waals surface area contributed by atoms with E-state index in [4.69, 9.17) is 5.11 Å². The summed E-state index contributed by atoms with van der Waals surface area (Å²) in [5.41, 5.74) is 0.